The summed E-state index contributed by atoms with van der Waals surface area (Å²) < 4.78 is 5.52. The van der Waals surface area contributed by atoms with Gasteiger partial charge in [-0.15, -0.1) is 12.4 Å². The van der Waals surface area contributed by atoms with E-state index in [4.69, 9.17) is 4.74 Å². The molecule has 1 heterocycles. The molecule has 4 nitrogen and oxygen atoms in total. The Bertz CT molecular complexity index is 392. The molecular formula is C14H21ClN2O2. The van der Waals surface area contributed by atoms with Crippen LogP contribution in [-0.4, -0.2) is 32.1 Å². The molecule has 1 atom stereocenters. The monoisotopic (exact) mass is 284 g/mol. The maximum absolute atomic E-state index is 12.0. The maximum Gasteiger partial charge on any atom is 0.227 e. The third-order valence-corrected chi connectivity index (χ3v) is 3.32. The summed E-state index contributed by atoms with van der Waals surface area (Å²) in [7, 11) is 0. The van der Waals surface area contributed by atoms with Gasteiger partial charge in [-0.25, -0.2) is 0 Å². The lowest BCUT2D eigenvalue weighted by molar-refractivity contribution is -0.129. The minimum Gasteiger partial charge on any atom is -0.492 e. The molecule has 19 heavy (non-hydrogen) atoms. The molecule has 1 aromatic rings. The molecule has 106 valence electrons. The summed E-state index contributed by atoms with van der Waals surface area (Å²) in [6.07, 6.45) is 0.901. The topological polar surface area (TPSA) is 50.4 Å². The summed E-state index contributed by atoms with van der Waals surface area (Å²) in [4.78, 5) is 12.0. The fraction of sp³-hybridized carbons (Fsp3) is 0.500. The van der Waals surface area contributed by atoms with E-state index >= 15 is 0 Å². The number of hydrogen-bond donors (Lipinski definition) is 2. The number of benzene rings is 1. The summed E-state index contributed by atoms with van der Waals surface area (Å²) in [5, 5.41) is 6.15. The van der Waals surface area contributed by atoms with Crippen molar-refractivity contribution in [3.8, 4) is 5.75 Å². The van der Waals surface area contributed by atoms with Crippen molar-refractivity contribution in [2.75, 3.05) is 26.2 Å². The van der Waals surface area contributed by atoms with Gasteiger partial charge in [0.15, 0.2) is 0 Å². The fourth-order valence-electron chi connectivity index (χ4n) is 2.07. The molecule has 0 saturated carbocycles. The minimum atomic E-state index is -0.257. The minimum absolute atomic E-state index is 0. The van der Waals surface area contributed by atoms with E-state index in [1.54, 1.807) is 0 Å². The molecule has 2 N–H and O–H groups in total. The van der Waals surface area contributed by atoms with E-state index in [1.165, 1.54) is 0 Å². The van der Waals surface area contributed by atoms with Gasteiger partial charge < -0.3 is 15.4 Å². The molecule has 1 aromatic carbocycles. The molecule has 1 saturated heterocycles. The van der Waals surface area contributed by atoms with Crippen LogP contribution in [0.25, 0.3) is 0 Å². The SMILES string of the molecule is CC1(C(=O)NCCOc2ccccc2)CCNC1.Cl. The van der Waals surface area contributed by atoms with Crippen molar-refractivity contribution in [2.24, 2.45) is 5.41 Å². The lowest BCUT2D eigenvalue weighted by Gasteiger charge is -2.21. The Hall–Kier alpha value is -1.26. The quantitative estimate of drug-likeness (QED) is 0.808. The fourth-order valence-corrected chi connectivity index (χ4v) is 2.07. The highest BCUT2D eigenvalue weighted by Crippen LogP contribution is 2.24. The maximum atomic E-state index is 12.0. The summed E-state index contributed by atoms with van der Waals surface area (Å²) in [6, 6.07) is 9.62. The van der Waals surface area contributed by atoms with E-state index in [0.29, 0.717) is 13.2 Å². The molecule has 1 amide bonds. The number of halogens is 1. The van der Waals surface area contributed by atoms with Gasteiger partial charge in [0.25, 0.3) is 0 Å². The Morgan fingerprint density at radius 3 is 2.79 bits per heavy atom. The third-order valence-electron chi connectivity index (χ3n) is 3.32. The molecule has 1 fully saturated rings. The molecule has 1 unspecified atom stereocenters. The number of rotatable bonds is 5. The molecule has 2 rings (SSSR count). The highest BCUT2D eigenvalue weighted by Gasteiger charge is 2.35. The lowest BCUT2D eigenvalue weighted by atomic mass is 9.89. The zero-order valence-corrected chi connectivity index (χ0v) is 12.0. The van der Waals surface area contributed by atoms with Crippen molar-refractivity contribution in [1.29, 1.82) is 0 Å². The zero-order chi connectivity index (χ0) is 12.8. The first-order chi connectivity index (χ1) is 8.71. The van der Waals surface area contributed by atoms with E-state index in [0.717, 1.165) is 25.3 Å². The first-order valence-corrected chi connectivity index (χ1v) is 6.38. The smallest absolute Gasteiger partial charge is 0.227 e. The molecule has 0 spiro atoms. The molecule has 0 bridgehead atoms. The largest absolute Gasteiger partial charge is 0.492 e. The predicted octanol–water partition coefficient (Wildman–Crippen LogP) is 1.60. The molecule has 0 aliphatic carbocycles. The Morgan fingerprint density at radius 2 is 2.16 bits per heavy atom. The number of amides is 1. The van der Waals surface area contributed by atoms with Crippen molar-refractivity contribution in [3.05, 3.63) is 30.3 Å². The van der Waals surface area contributed by atoms with E-state index in [-0.39, 0.29) is 23.7 Å². The number of para-hydroxylation sites is 1. The first kappa shape index (κ1) is 15.8. The summed E-state index contributed by atoms with van der Waals surface area (Å²) in [5.74, 6) is 0.949. The molecule has 5 heteroatoms. The van der Waals surface area contributed by atoms with Gasteiger partial charge in [-0.3, -0.25) is 4.79 Å². The second-order valence-corrected chi connectivity index (χ2v) is 4.90. The van der Waals surface area contributed by atoms with Crippen LogP contribution >= 0.6 is 12.4 Å². The number of carbonyl (C=O) groups excluding carboxylic acids is 1. The van der Waals surface area contributed by atoms with Crippen molar-refractivity contribution >= 4 is 18.3 Å². The Kier molecular flexibility index (Phi) is 6.12. The number of ether oxygens (including phenoxy) is 1. The molecule has 1 aliphatic heterocycles. The van der Waals surface area contributed by atoms with Gasteiger partial charge in [-0.1, -0.05) is 18.2 Å². The number of hydrogen-bond acceptors (Lipinski definition) is 3. The summed E-state index contributed by atoms with van der Waals surface area (Å²) in [6.45, 7) is 4.73. The van der Waals surface area contributed by atoms with Crippen LogP contribution in [0.2, 0.25) is 0 Å². The van der Waals surface area contributed by atoms with Crippen molar-refractivity contribution in [3.63, 3.8) is 0 Å². The Labute approximate surface area is 120 Å². The van der Waals surface area contributed by atoms with E-state index < -0.39 is 0 Å². The van der Waals surface area contributed by atoms with Crippen LogP contribution in [0.4, 0.5) is 0 Å². The Balaban J connectivity index is 0.00000180. The second-order valence-electron chi connectivity index (χ2n) is 4.90. The highest BCUT2D eigenvalue weighted by molar-refractivity contribution is 5.85. The van der Waals surface area contributed by atoms with Crippen LogP contribution in [0.3, 0.4) is 0 Å². The van der Waals surface area contributed by atoms with Crippen molar-refractivity contribution in [1.82, 2.24) is 10.6 Å². The van der Waals surface area contributed by atoms with Gasteiger partial charge >= 0.3 is 0 Å². The molecule has 1 aliphatic rings. The lowest BCUT2D eigenvalue weighted by Crippen LogP contribution is -2.41. The predicted molar refractivity (Wildman–Crippen MR) is 77.8 cm³/mol. The van der Waals surface area contributed by atoms with Crippen LogP contribution < -0.4 is 15.4 Å². The van der Waals surface area contributed by atoms with Crippen LogP contribution in [0.1, 0.15) is 13.3 Å². The Morgan fingerprint density at radius 1 is 1.42 bits per heavy atom. The van der Waals surface area contributed by atoms with E-state index in [9.17, 15) is 4.79 Å². The van der Waals surface area contributed by atoms with E-state index in [2.05, 4.69) is 10.6 Å². The second kappa shape index (κ2) is 7.36. The van der Waals surface area contributed by atoms with Crippen LogP contribution in [0.5, 0.6) is 5.75 Å². The van der Waals surface area contributed by atoms with Crippen molar-refractivity contribution in [2.45, 2.75) is 13.3 Å². The average molecular weight is 285 g/mol. The average Bonchev–Trinajstić information content (AvgIpc) is 2.84. The van der Waals surface area contributed by atoms with Crippen LogP contribution in [-0.2, 0) is 4.79 Å². The standard InChI is InChI=1S/C14H20N2O2.ClH/c1-14(7-8-15-11-14)13(17)16-9-10-18-12-5-3-2-4-6-12;/h2-6,15H,7-11H2,1H3,(H,16,17);1H. The van der Waals surface area contributed by atoms with Crippen LogP contribution in [0, 0.1) is 5.41 Å². The summed E-state index contributed by atoms with van der Waals surface area (Å²) in [5.41, 5.74) is -0.257. The molecule has 0 aromatic heterocycles. The normalized spacial score (nSPS) is 21.5. The zero-order valence-electron chi connectivity index (χ0n) is 11.1. The van der Waals surface area contributed by atoms with Gasteiger partial charge in [0.05, 0.1) is 12.0 Å². The molecular weight excluding hydrogens is 264 g/mol. The van der Waals surface area contributed by atoms with Gasteiger partial charge in [0, 0.05) is 6.54 Å². The van der Waals surface area contributed by atoms with Gasteiger partial charge in [-0.2, -0.15) is 0 Å². The third kappa shape index (κ3) is 4.40. The van der Waals surface area contributed by atoms with Crippen LogP contribution in [0.15, 0.2) is 30.3 Å². The first-order valence-electron chi connectivity index (χ1n) is 6.38. The van der Waals surface area contributed by atoms with Gasteiger partial charge in [-0.05, 0) is 32.0 Å². The van der Waals surface area contributed by atoms with Gasteiger partial charge in [0.2, 0.25) is 5.91 Å². The molecule has 0 radical (unpaired) electrons. The van der Waals surface area contributed by atoms with E-state index in [1.807, 2.05) is 37.3 Å². The van der Waals surface area contributed by atoms with Crippen molar-refractivity contribution < 1.29 is 9.53 Å². The van der Waals surface area contributed by atoms with Gasteiger partial charge in [0.1, 0.15) is 12.4 Å². The summed E-state index contributed by atoms with van der Waals surface area (Å²) >= 11 is 0. The highest BCUT2D eigenvalue weighted by atomic mass is 35.5. The number of nitrogens with one attached hydrogen (secondary N) is 2. The number of carbonyl (C=O) groups is 1.